The van der Waals surface area contributed by atoms with E-state index in [1.165, 1.54) is 23.4 Å². The normalized spacial score (nSPS) is 19.9. The van der Waals surface area contributed by atoms with Crippen LogP contribution in [0.3, 0.4) is 0 Å². The summed E-state index contributed by atoms with van der Waals surface area (Å²) >= 11 is 1.93. The van der Waals surface area contributed by atoms with E-state index in [1.54, 1.807) is 0 Å². The van der Waals surface area contributed by atoms with Crippen molar-refractivity contribution in [3.8, 4) is 0 Å². The zero-order chi connectivity index (χ0) is 13.0. The lowest BCUT2D eigenvalue weighted by molar-refractivity contribution is 0.249. The molecule has 0 radical (unpaired) electrons. The second-order valence-corrected chi connectivity index (χ2v) is 7.02. The molecule has 100 valence electrons. The minimum absolute atomic E-state index is 0.656. The Hall–Kier alpha value is -0.510. The third-order valence-corrected chi connectivity index (χ3v) is 4.40. The van der Waals surface area contributed by atoms with Crippen molar-refractivity contribution < 1.29 is 0 Å². The van der Waals surface area contributed by atoms with E-state index in [2.05, 4.69) is 55.4 Å². The van der Waals surface area contributed by atoms with Gasteiger partial charge >= 0.3 is 0 Å². The fourth-order valence-corrected chi connectivity index (χ4v) is 3.22. The van der Waals surface area contributed by atoms with E-state index >= 15 is 0 Å². The predicted octanol–water partition coefficient (Wildman–Crippen LogP) is 2.98. The van der Waals surface area contributed by atoms with Crippen molar-refractivity contribution >= 4 is 11.8 Å². The van der Waals surface area contributed by atoms with Gasteiger partial charge in [-0.1, -0.05) is 26.0 Å². The second kappa shape index (κ2) is 6.60. The fourth-order valence-electron chi connectivity index (χ4n) is 2.38. The van der Waals surface area contributed by atoms with Crippen LogP contribution in [-0.4, -0.2) is 36.3 Å². The number of thioether (sulfide) groups is 1. The number of nitrogens with zero attached hydrogens (tertiary/aromatic N) is 1. The molecular weight excluding hydrogens is 240 g/mol. The lowest BCUT2D eigenvalue weighted by Crippen LogP contribution is -2.32. The Morgan fingerprint density at radius 1 is 1.33 bits per heavy atom. The van der Waals surface area contributed by atoms with Gasteiger partial charge in [0.15, 0.2) is 0 Å². The Morgan fingerprint density at radius 3 is 2.61 bits per heavy atom. The van der Waals surface area contributed by atoms with Gasteiger partial charge in [0.25, 0.3) is 0 Å². The van der Waals surface area contributed by atoms with E-state index in [0.29, 0.717) is 11.3 Å². The summed E-state index contributed by atoms with van der Waals surface area (Å²) in [5.41, 5.74) is 1.41. The van der Waals surface area contributed by atoms with Crippen molar-refractivity contribution in [2.75, 3.05) is 20.1 Å². The molecule has 3 heteroatoms. The van der Waals surface area contributed by atoms with E-state index in [9.17, 15) is 0 Å². The summed E-state index contributed by atoms with van der Waals surface area (Å²) in [5.74, 6) is 0. The Bertz CT molecular complexity index is 355. The highest BCUT2D eigenvalue weighted by Crippen LogP contribution is 2.23. The number of hydrogen-bond donors (Lipinski definition) is 1. The van der Waals surface area contributed by atoms with Crippen LogP contribution in [0.25, 0.3) is 0 Å². The van der Waals surface area contributed by atoms with Crippen molar-refractivity contribution in [1.29, 1.82) is 0 Å². The van der Waals surface area contributed by atoms with Gasteiger partial charge in [-0.15, -0.1) is 11.8 Å². The molecule has 1 unspecified atom stereocenters. The molecule has 1 N–H and O–H groups in total. The Morgan fingerprint density at radius 2 is 2.06 bits per heavy atom. The first-order valence-corrected chi connectivity index (χ1v) is 7.69. The van der Waals surface area contributed by atoms with Gasteiger partial charge < -0.3 is 5.32 Å². The molecule has 1 aromatic rings. The average molecular weight is 264 g/mol. The van der Waals surface area contributed by atoms with E-state index in [0.717, 1.165) is 13.1 Å². The molecule has 1 heterocycles. The maximum atomic E-state index is 3.42. The van der Waals surface area contributed by atoms with E-state index < -0.39 is 0 Å². The van der Waals surface area contributed by atoms with E-state index in [1.807, 2.05) is 11.8 Å². The Kier molecular flexibility index (Phi) is 5.10. The summed E-state index contributed by atoms with van der Waals surface area (Å²) in [5, 5.41) is 4.08. The highest BCUT2D eigenvalue weighted by Gasteiger charge is 2.18. The maximum Gasteiger partial charge on any atom is 0.0234 e. The van der Waals surface area contributed by atoms with Crippen LogP contribution in [-0.2, 0) is 6.54 Å². The van der Waals surface area contributed by atoms with Gasteiger partial charge in [-0.3, -0.25) is 4.90 Å². The Labute approximate surface area is 115 Å². The summed E-state index contributed by atoms with van der Waals surface area (Å²) in [6, 6.07) is 9.74. The highest BCUT2D eigenvalue weighted by molar-refractivity contribution is 7.99. The molecule has 0 spiro atoms. The molecule has 0 aromatic heterocycles. The molecule has 2 nitrogen and oxygen atoms in total. The molecule has 1 fully saturated rings. The molecule has 1 saturated heterocycles. The quantitative estimate of drug-likeness (QED) is 0.823. The summed E-state index contributed by atoms with van der Waals surface area (Å²) in [6.07, 6.45) is 1.28. The van der Waals surface area contributed by atoms with Gasteiger partial charge in [-0.2, -0.15) is 0 Å². The van der Waals surface area contributed by atoms with Crippen LogP contribution in [0.15, 0.2) is 29.2 Å². The molecule has 1 atom stereocenters. The number of likely N-dealkylation sites (N-methyl/N-ethyl adjacent to an activating group) is 1. The molecule has 1 aromatic carbocycles. The largest absolute Gasteiger partial charge is 0.315 e. The number of benzene rings is 1. The first-order chi connectivity index (χ1) is 8.65. The topological polar surface area (TPSA) is 15.3 Å². The predicted molar refractivity (Wildman–Crippen MR) is 80.2 cm³/mol. The van der Waals surface area contributed by atoms with E-state index in [4.69, 9.17) is 0 Å². The average Bonchev–Trinajstić information content (AvgIpc) is 2.84. The van der Waals surface area contributed by atoms with Crippen molar-refractivity contribution in [1.82, 2.24) is 10.2 Å². The molecule has 0 aliphatic carbocycles. The number of hydrogen-bond acceptors (Lipinski definition) is 3. The molecule has 0 amide bonds. The molecule has 1 aliphatic rings. The number of rotatable bonds is 5. The standard InChI is InChI=1S/C15H24N2S/c1-12(2)18-15-6-4-13(5-7-15)11-17(3)14-8-9-16-10-14/h4-7,12,14,16H,8-11H2,1-3H3. The van der Waals surface area contributed by atoms with Crippen LogP contribution in [0.1, 0.15) is 25.8 Å². The third-order valence-electron chi connectivity index (χ3n) is 3.38. The highest BCUT2D eigenvalue weighted by atomic mass is 32.2. The summed E-state index contributed by atoms with van der Waals surface area (Å²) in [7, 11) is 2.23. The van der Waals surface area contributed by atoms with E-state index in [-0.39, 0.29) is 0 Å². The molecular formula is C15H24N2S. The van der Waals surface area contributed by atoms with Gasteiger partial charge in [0.05, 0.1) is 0 Å². The van der Waals surface area contributed by atoms with Crippen molar-refractivity contribution in [2.45, 2.75) is 43.0 Å². The van der Waals surface area contributed by atoms with Gasteiger partial charge in [0.2, 0.25) is 0 Å². The number of nitrogens with one attached hydrogen (secondary N) is 1. The smallest absolute Gasteiger partial charge is 0.0234 e. The van der Waals surface area contributed by atoms with Gasteiger partial charge in [0.1, 0.15) is 0 Å². The molecule has 1 aliphatic heterocycles. The van der Waals surface area contributed by atoms with Crippen LogP contribution < -0.4 is 5.32 Å². The zero-order valence-electron chi connectivity index (χ0n) is 11.6. The summed E-state index contributed by atoms with van der Waals surface area (Å²) in [6.45, 7) is 7.83. The Balaban J connectivity index is 1.89. The molecule has 2 rings (SSSR count). The lowest BCUT2D eigenvalue weighted by Gasteiger charge is -2.23. The molecule has 0 saturated carbocycles. The SMILES string of the molecule is CC(C)Sc1ccc(CN(C)C2CCNC2)cc1. The van der Waals surface area contributed by atoms with Crippen molar-refractivity contribution in [3.63, 3.8) is 0 Å². The summed E-state index contributed by atoms with van der Waals surface area (Å²) in [4.78, 5) is 3.84. The van der Waals surface area contributed by atoms with Crippen LogP contribution in [0, 0.1) is 0 Å². The van der Waals surface area contributed by atoms with Gasteiger partial charge in [-0.25, -0.2) is 0 Å². The maximum absolute atomic E-state index is 3.42. The summed E-state index contributed by atoms with van der Waals surface area (Å²) < 4.78 is 0. The minimum Gasteiger partial charge on any atom is -0.315 e. The van der Waals surface area contributed by atoms with Crippen molar-refractivity contribution in [2.24, 2.45) is 0 Å². The third kappa shape index (κ3) is 4.01. The lowest BCUT2D eigenvalue weighted by atomic mass is 10.1. The first-order valence-electron chi connectivity index (χ1n) is 6.81. The zero-order valence-corrected chi connectivity index (χ0v) is 12.5. The van der Waals surface area contributed by atoms with Gasteiger partial charge in [0, 0.05) is 29.3 Å². The van der Waals surface area contributed by atoms with Crippen molar-refractivity contribution in [3.05, 3.63) is 29.8 Å². The molecule has 18 heavy (non-hydrogen) atoms. The van der Waals surface area contributed by atoms with Crippen LogP contribution in [0.4, 0.5) is 0 Å². The fraction of sp³-hybridized carbons (Fsp3) is 0.600. The second-order valence-electron chi connectivity index (χ2n) is 5.37. The van der Waals surface area contributed by atoms with Gasteiger partial charge in [-0.05, 0) is 37.7 Å². The minimum atomic E-state index is 0.656. The van der Waals surface area contributed by atoms with Crippen LogP contribution >= 0.6 is 11.8 Å². The monoisotopic (exact) mass is 264 g/mol. The van der Waals surface area contributed by atoms with Crippen LogP contribution in [0.2, 0.25) is 0 Å². The van der Waals surface area contributed by atoms with Crippen LogP contribution in [0.5, 0.6) is 0 Å². The molecule has 0 bridgehead atoms. The first kappa shape index (κ1) is 13.9.